The van der Waals surface area contributed by atoms with Crippen molar-refractivity contribution in [3.05, 3.63) is 53.6 Å². The molecule has 3 nitrogen and oxygen atoms in total. The van der Waals surface area contributed by atoms with Crippen LogP contribution in [0, 0.1) is 12.3 Å². The molecule has 0 heterocycles. The van der Waals surface area contributed by atoms with Crippen LogP contribution in [0.3, 0.4) is 0 Å². The van der Waals surface area contributed by atoms with Crippen LogP contribution in [0.5, 0.6) is 11.5 Å². The molecule has 0 aliphatic carbocycles. The number of rotatable bonds is 3. The van der Waals surface area contributed by atoms with E-state index in [2.05, 4.69) is 11.2 Å². The minimum Gasteiger partial charge on any atom is -0.504 e. The molecule has 0 aliphatic heterocycles. The largest absolute Gasteiger partial charge is 0.504 e. The van der Waals surface area contributed by atoms with Gasteiger partial charge in [0.2, 0.25) is 0 Å². The molecule has 0 bridgehead atoms. The smallest absolute Gasteiger partial charge is 0.157 e. The summed E-state index contributed by atoms with van der Waals surface area (Å²) in [6.07, 6.45) is 5.32. The second kappa shape index (κ2) is 5.15. The van der Waals surface area contributed by atoms with E-state index in [1.54, 1.807) is 6.07 Å². The molecule has 2 rings (SSSR count). The highest BCUT2D eigenvalue weighted by atomic mass is 16.3. The van der Waals surface area contributed by atoms with Gasteiger partial charge in [0.05, 0.1) is 0 Å². The molecule has 3 heteroatoms. The van der Waals surface area contributed by atoms with Crippen LogP contribution < -0.4 is 5.32 Å². The third-order valence-corrected chi connectivity index (χ3v) is 2.57. The van der Waals surface area contributed by atoms with E-state index in [1.165, 1.54) is 12.1 Å². The SMILES string of the molecule is C#Cc1cccc(NCc2ccc(O)c(O)c2)c1. The van der Waals surface area contributed by atoms with Gasteiger partial charge in [-0.25, -0.2) is 0 Å². The Morgan fingerprint density at radius 1 is 1.06 bits per heavy atom. The highest BCUT2D eigenvalue weighted by Crippen LogP contribution is 2.25. The predicted molar refractivity (Wildman–Crippen MR) is 71.5 cm³/mol. The summed E-state index contributed by atoms with van der Waals surface area (Å²) in [6.45, 7) is 0.544. The molecule has 0 saturated carbocycles. The Hall–Kier alpha value is -2.60. The molecule has 2 aromatic carbocycles. The maximum atomic E-state index is 9.38. The van der Waals surface area contributed by atoms with Crippen molar-refractivity contribution in [2.45, 2.75) is 6.54 Å². The first-order chi connectivity index (χ1) is 8.69. The average molecular weight is 239 g/mol. The van der Waals surface area contributed by atoms with Crippen molar-refractivity contribution in [3.8, 4) is 23.8 Å². The van der Waals surface area contributed by atoms with Crippen molar-refractivity contribution in [2.24, 2.45) is 0 Å². The zero-order valence-corrected chi connectivity index (χ0v) is 9.72. The number of aromatic hydroxyl groups is 2. The zero-order chi connectivity index (χ0) is 13.0. The van der Waals surface area contributed by atoms with Crippen molar-refractivity contribution in [1.82, 2.24) is 0 Å². The van der Waals surface area contributed by atoms with E-state index in [0.29, 0.717) is 6.54 Å². The lowest BCUT2D eigenvalue weighted by Crippen LogP contribution is -1.99. The minimum absolute atomic E-state index is 0.118. The lowest BCUT2D eigenvalue weighted by atomic mass is 10.1. The molecular weight excluding hydrogens is 226 g/mol. The van der Waals surface area contributed by atoms with Crippen molar-refractivity contribution in [3.63, 3.8) is 0 Å². The maximum Gasteiger partial charge on any atom is 0.157 e. The van der Waals surface area contributed by atoms with Crippen LogP contribution in [0.4, 0.5) is 5.69 Å². The Bertz CT molecular complexity index is 600. The van der Waals surface area contributed by atoms with Crippen LogP contribution in [0.25, 0.3) is 0 Å². The van der Waals surface area contributed by atoms with Crippen molar-refractivity contribution in [2.75, 3.05) is 5.32 Å². The monoisotopic (exact) mass is 239 g/mol. The highest BCUT2D eigenvalue weighted by molar-refractivity contribution is 5.50. The normalized spacial score (nSPS) is 9.72. The van der Waals surface area contributed by atoms with Crippen molar-refractivity contribution >= 4 is 5.69 Å². The molecular formula is C15H13NO2. The molecule has 0 aromatic heterocycles. The zero-order valence-electron chi connectivity index (χ0n) is 9.72. The highest BCUT2D eigenvalue weighted by Gasteiger charge is 2.00. The van der Waals surface area contributed by atoms with Gasteiger partial charge in [-0.3, -0.25) is 0 Å². The van der Waals surface area contributed by atoms with Gasteiger partial charge in [0.15, 0.2) is 11.5 Å². The number of terminal acetylenes is 1. The molecule has 0 unspecified atom stereocenters. The summed E-state index contributed by atoms with van der Waals surface area (Å²) in [5, 5.41) is 21.8. The Morgan fingerprint density at radius 2 is 1.89 bits per heavy atom. The molecule has 90 valence electrons. The topological polar surface area (TPSA) is 52.5 Å². The molecule has 0 spiro atoms. The third-order valence-electron chi connectivity index (χ3n) is 2.57. The molecule has 0 radical (unpaired) electrons. The fraction of sp³-hybridized carbons (Fsp3) is 0.0667. The molecule has 2 aromatic rings. The molecule has 0 amide bonds. The van der Waals surface area contributed by atoms with Crippen LogP contribution in [-0.2, 0) is 6.54 Å². The summed E-state index contributed by atoms with van der Waals surface area (Å²) in [6, 6.07) is 12.3. The quantitative estimate of drug-likeness (QED) is 0.570. The molecule has 0 atom stereocenters. The summed E-state index contributed by atoms with van der Waals surface area (Å²) in [4.78, 5) is 0. The van der Waals surface area contributed by atoms with Gasteiger partial charge in [0.1, 0.15) is 0 Å². The molecule has 18 heavy (non-hydrogen) atoms. The van der Waals surface area contributed by atoms with E-state index >= 15 is 0 Å². The van der Waals surface area contributed by atoms with Gasteiger partial charge in [-0.05, 0) is 35.9 Å². The first-order valence-corrected chi connectivity index (χ1v) is 5.50. The fourth-order valence-corrected chi connectivity index (χ4v) is 1.60. The van der Waals surface area contributed by atoms with Gasteiger partial charge in [0.25, 0.3) is 0 Å². The Kier molecular flexibility index (Phi) is 3.40. The van der Waals surface area contributed by atoms with Gasteiger partial charge in [-0.15, -0.1) is 6.42 Å². The second-order valence-electron chi connectivity index (χ2n) is 3.90. The van der Waals surface area contributed by atoms with E-state index in [-0.39, 0.29) is 11.5 Å². The molecule has 0 fully saturated rings. The molecule has 3 N–H and O–H groups in total. The summed E-state index contributed by atoms with van der Waals surface area (Å²) in [7, 11) is 0. The molecule has 0 aliphatic rings. The number of benzene rings is 2. The Morgan fingerprint density at radius 3 is 2.61 bits per heavy atom. The average Bonchev–Trinajstić information content (AvgIpc) is 2.40. The maximum absolute atomic E-state index is 9.38. The summed E-state index contributed by atoms with van der Waals surface area (Å²) < 4.78 is 0. The van der Waals surface area contributed by atoms with Gasteiger partial charge >= 0.3 is 0 Å². The third kappa shape index (κ3) is 2.74. The van der Waals surface area contributed by atoms with E-state index in [0.717, 1.165) is 16.8 Å². The lowest BCUT2D eigenvalue weighted by Gasteiger charge is -2.07. The van der Waals surface area contributed by atoms with Crippen molar-refractivity contribution in [1.29, 1.82) is 0 Å². The number of hydrogen-bond donors (Lipinski definition) is 3. The number of anilines is 1. The van der Waals surface area contributed by atoms with Gasteiger partial charge in [-0.1, -0.05) is 18.1 Å². The van der Waals surface area contributed by atoms with Gasteiger partial charge < -0.3 is 15.5 Å². The lowest BCUT2D eigenvalue weighted by molar-refractivity contribution is 0.403. The fourth-order valence-electron chi connectivity index (χ4n) is 1.60. The van der Waals surface area contributed by atoms with Crippen LogP contribution in [0.1, 0.15) is 11.1 Å². The van der Waals surface area contributed by atoms with Crippen LogP contribution in [0.2, 0.25) is 0 Å². The molecule has 0 saturated heterocycles. The van der Waals surface area contributed by atoms with E-state index < -0.39 is 0 Å². The summed E-state index contributed by atoms with van der Waals surface area (Å²) in [5.41, 5.74) is 2.60. The first kappa shape index (κ1) is 11.9. The Labute approximate surface area is 106 Å². The van der Waals surface area contributed by atoms with Crippen LogP contribution in [0.15, 0.2) is 42.5 Å². The minimum atomic E-state index is -0.119. The number of phenolic OH excluding ortho intramolecular Hbond substituents is 2. The Balaban J connectivity index is 2.07. The van der Waals surface area contributed by atoms with Gasteiger partial charge in [0, 0.05) is 17.8 Å². The predicted octanol–water partition coefficient (Wildman–Crippen LogP) is 2.69. The number of hydrogen-bond acceptors (Lipinski definition) is 3. The number of nitrogens with one attached hydrogen (secondary N) is 1. The first-order valence-electron chi connectivity index (χ1n) is 5.50. The van der Waals surface area contributed by atoms with Crippen LogP contribution >= 0.6 is 0 Å². The standard InChI is InChI=1S/C15H13NO2/c1-2-11-4-3-5-13(8-11)16-10-12-6-7-14(17)15(18)9-12/h1,3-9,16-18H,10H2. The van der Waals surface area contributed by atoms with Gasteiger partial charge in [-0.2, -0.15) is 0 Å². The summed E-state index contributed by atoms with van der Waals surface area (Å²) >= 11 is 0. The van der Waals surface area contributed by atoms with E-state index in [9.17, 15) is 10.2 Å². The van der Waals surface area contributed by atoms with E-state index in [4.69, 9.17) is 6.42 Å². The number of phenols is 2. The van der Waals surface area contributed by atoms with Crippen molar-refractivity contribution < 1.29 is 10.2 Å². The van der Waals surface area contributed by atoms with Crippen LogP contribution in [-0.4, -0.2) is 10.2 Å². The van der Waals surface area contributed by atoms with E-state index in [1.807, 2.05) is 24.3 Å². The second-order valence-corrected chi connectivity index (χ2v) is 3.90. The summed E-state index contributed by atoms with van der Waals surface area (Å²) in [5.74, 6) is 2.33.